The molecule has 1 aliphatic rings. The van der Waals surface area contributed by atoms with Gasteiger partial charge in [0.1, 0.15) is 5.75 Å². The molecule has 5 heteroatoms. The molecule has 0 spiro atoms. The zero-order chi connectivity index (χ0) is 13.9. The van der Waals surface area contributed by atoms with E-state index in [-0.39, 0.29) is 12.5 Å². The molecule has 1 aromatic carbocycles. The van der Waals surface area contributed by atoms with Gasteiger partial charge >= 0.3 is 0 Å². The van der Waals surface area contributed by atoms with Crippen LogP contribution in [0.2, 0.25) is 5.02 Å². The summed E-state index contributed by atoms with van der Waals surface area (Å²) in [6.45, 7) is 1.94. The minimum absolute atomic E-state index is 0.250. The van der Waals surface area contributed by atoms with Gasteiger partial charge in [-0.25, -0.2) is 0 Å². The monoisotopic (exact) mass is 283 g/mol. The van der Waals surface area contributed by atoms with Crippen molar-refractivity contribution in [3.63, 3.8) is 0 Å². The van der Waals surface area contributed by atoms with Crippen LogP contribution in [0.25, 0.3) is 0 Å². The Bertz CT molecular complexity index is 460. The van der Waals surface area contributed by atoms with Crippen LogP contribution in [0.3, 0.4) is 0 Å². The number of ether oxygens (including phenoxy) is 1. The summed E-state index contributed by atoms with van der Waals surface area (Å²) in [5.41, 5.74) is -0.722. The van der Waals surface area contributed by atoms with Crippen LogP contribution in [0.1, 0.15) is 26.2 Å². The van der Waals surface area contributed by atoms with Gasteiger partial charge in [0.05, 0.1) is 10.6 Å². The van der Waals surface area contributed by atoms with Crippen molar-refractivity contribution in [2.75, 3.05) is 6.54 Å². The SMILES string of the molecule is CC(Oc1ccccc1Cl)C(=O)NCC1(O)CCC1. The Labute approximate surface area is 117 Å². The van der Waals surface area contributed by atoms with Crippen molar-refractivity contribution < 1.29 is 14.6 Å². The number of hydrogen-bond acceptors (Lipinski definition) is 3. The molecule has 104 valence electrons. The quantitative estimate of drug-likeness (QED) is 0.870. The number of halogens is 1. The van der Waals surface area contributed by atoms with Crippen LogP contribution in [-0.4, -0.2) is 29.3 Å². The van der Waals surface area contributed by atoms with Crippen LogP contribution in [0.5, 0.6) is 5.75 Å². The molecule has 0 bridgehead atoms. The lowest BCUT2D eigenvalue weighted by Crippen LogP contribution is -2.50. The Morgan fingerprint density at radius 3 is 2.79 bits per heavy atom. The van der Waals surface area contributed by atoms with E-state index in [4.69, 9.17) is 16.3 Å². The molecule has 2 N–H and O–H groups in total. The van der Waals surface area contributed by atoms with Crippen LogP contribution in [0.4, 0.5) is 0 Å². The van der Waals surface area contributed by atoms with Crippen molar-refractivity contribution in [2.24, 2.45) is 0 Å². The molecule has 19 heavy (non-hydrogen) atoms. The van der Waals surface area contributed by atoms with Crippen molar-refractivity contribution in [3.05, 3.63) is 29.3 Å². The van der Waals surface area contributed by atoms with Gasteiger partial charge in [-0.2, -0.15) is 0 Å². The summed E-state index contributed by atoms with van der Waals surface area (Å²) >= 11 is 5.96. The molecule has 0 aliphatic heterocycles. The van der Waals surface area contributed by atoms with Crippen molar-refractivity contribution in [1.82, 2.24) is 5.32 Å². The lowest BCUT2D eigenvalue weighted by atomic mass is 9.80. The van der Waals surface area contributed by atoms with Gasteiger partial charge in [0.15, 0.2) is 6.10 Å². The third kappa shape index (κ3) is 3.61. The average Bonchev–Trinajstić information content (AvgIpc) is 2.36. The Morgan fingerprint density at radius 1 is 1.53 bits per heavy atom. The van der Waals surface area contributed by atoms with E-state index in [0.29, 0.717) is 10.8 Å². The van der Waals surface area contributed by atoms with Gasteiger partial charge in [0.2, 0.25) is 0 Å². The van der Waals surface area contributed by atoms with Gasteiger partial charge in [-0.1, -0.05) is 23.7 Å². The average molecular weight is 284 g/mol. The number of benzene rings is 1. The lowest BCUT2D eigenvalue weighted by molar-refractivity contribution is -0.129. The van der Waals surface area contributed by atoms with Gasteiger partial charge in [-0.15, -0.1) is 0 Å². The van der Waals surface area contributed by atoms with Gasteiger partial charge in [0, 0.05) is 6.54 Å². The molecular formula is C14H18ClNO3. The molecule has 1 aliphatic carbocycles. The first-order chi connectivity index (χ1) is 9.00. The maximum atomic E-state index is 11.9. The highest BCUT2D eigenvalue weighted by Gasteiger charge is 2.35. The number of para-hydroxylation sites is 1. The maximum Gasteiger partial charge on any atom is 0.260 e. The van der Waals surface area contributed by atoms with E-state index in [1.165, 1.54) is 0 Å². The van der Waals surface area contributed by atoms with Gasteiger partial charge in [0.25, 0.3) is 5.91 Å². The summed E-state index contributed by atoms with van der Waals surface area (Å²) in [5, 5.41) is 13.1. The lowest BCUT2D eigenvalue weighted by Gasteiger charge is -2.36. The number of rotatable bonds is 5. The Hall–Kier alpha value is -1.26. The standard InChI is InChI=1S/C14H18ClNO3/c1-10(19-12-6-3-2-5-11(12)15)13(17)16-9-14(18)7-4-8-14/h2-3,5-6,10,18H,4,7-9H2,1H3,(H,16,17). The Balaban J connectivity index is 1.84. The van der Waals surface area contributed by atoms with E-state index in [1.807, 2.05) is 0 Å². The Morgan fingerprint density at radius 2 is 2.21 bits per heavy atom. The zero-order valence-corrected chi connectivity index (χ0v) is 11.6. The van der Waals surface area contributed by atoms with Crippen molar-refractivity contribution in [2.45, 2.75) is 37.9 Å². The van der Waals surface area contributed by atoms with E-state index < -0.39 is 11.7 Å². The fraction of sp³-hybridized carbons (Fsp3) is 0.500. The molecule has 2 rings (SSSR count). The third-order valence-corrected chi connectivity index (χ3v) is 3.70. The summed E-state index contributed by atoms with van der Waals surface area (Å²) in [6.07, 6.45) is 1.85. The van der Waals surface area contributed by atoms with E-state index in [9.17, 15) is 9.90 Å². The first-order valence-corrected chi connectivity index (χ1v) is 6.79. The van der Waals surface area contributed by atoms with Gasteiger partial charge in [-0.05, 0) is 38.3 Å². The number of hydrogen-bond donors (Lipinski definition) is 2. The molecule has 1 unspecified atom stereocenters. The van der Waals surface area contributed by atoms with E-state index in [2.05, 4.69) is 5.32 Å². The molecule has 1 saturated carbocycles. The van der Waals surface area contributed by atoms with Crippen LogP contribution >= 0.6 is 11.6 Å². The van der Waals surface area contributed by atoms with Gasteiger partial charge < -0.3 is 15.2 Å². The van der Waals surface area contributed by atoms with Crippen molar-refractivity contribution in [3.8, 4) is 5.75 Å². The molecule has 1 amide bonds. The molecule has 1 fully saturated rings. The fourth-order valence-corrected chi connectivity index (χ4v) is 2.12. The molecule has 1 atom stereocenters. The molecule has 0 heterocycles. The predicted molar refractivity (Wildman–Crippen MR) is 73.4 cm³/mol. The number of amides is 1. The second-order valence-corrected chi connectivity index (χ2v) is 5.39. The van der Waals surface area contributed by atoms with Crippen LogP contribution in [0, 0.1) is 0 Å². The summed E-state index contributed by atoms with van der Waals surface area (Å²) < 4.78 is 5.50. The third-order valence-electron chi connectivity index (χ3n) is 3.39. The minimum Gasteiger partial charge on any atom is -0.479 e. The van der Waals surface area contributed by atoms with Crippen LogP contribution in [-0.2, 0) is 4.79 Å². The summed E-state index contributed by atoms with van der Waals surface area (Å²) in [6, 6.07) is 7.01. The molecule has 1 aromatic rings. The molecule has 0 radical (unpaired) electrons. The van der Waals surface area contributed by atoms with Crippen LogP contribution in [0.15, 0.2) is 24.3 Å². The van der Waals surface area contributed by atoms with E-state index in [1.54, 1.807) is 31.2 Å². The highest BCUT2D eigenvalue weighted by Crippen LogP contribution is 2.30. The van der Waals surface area contributed by atoms with Crippen molar-refractivity contribution in [1.29, 1.82) is 0 Å². The number of carbonyl (C=O) groups excluding carboxylic acids is 1. The molecule has 4 nitrogen and oxygen atoms in total. The van der Waals surface area contributed by atoms with E-state index >= 15 is 0 Å². The second-order valence-electron chi connectivity index (χ2n) is 4.99. The summed E-state index contributed by atoms with van der Waals surface area (Å²) in [5.74, 6) is 0.231. The topological polar surface area (TPSA) is 58.6 Å². The maximum absolute atomic E-state index is 11.9. The summed E-state index contributed by atoms with van der Waals surface area (Å²) in [4.78, 5) is 11.9. The first kappa shape index (κ1) is 14.2. The molecule has 0 aromatic heterocycles. The van der Waals surface area contributed by atoms with Gasteiger partial charge in [-0.3, -0.25) is 4.79 Å². The van der Waals surface area contributed by atoms with E-state index in [0.717, 1.165) is 19.3 Å². The van der Waals surface area contributed by atoms with Crippen LogP contribution < -0.4 is 10.1 Å². The fourth-order valence-electron chi connectivity index (χ4n) is 1.94. The number of carbonyl (C=O) groups is 1. The molecule has 0 saturated heterocycles. The molecular weight excluding hydrogens is 266 g/mol. The zero-order valence-electron chi connectivity index (χ0n) is 10.9. The highest BCUT2D eigenvalue weighted by atomic mass is 35.5. The normalized spacial score (nSPS) is 18.3. The number of aliphatic hydroxyl groups is 1. The minimum atomic E-state index is -0.722. The number of nitrogens with one attached hydrogen (secondary N) is 1. The highest BCUT2D eigenvalue weighted by molar-refractivity contribution is 6.32. The van der Waals surface area contributed by atoms with Crippen molar-refractivity contribution >= 4 is 17.5 Å². The predicted octanol–water partition coefficient (Wildman–Crippen LogP) is 2.14. The largest absolute Gasteiger partial charge is 0.479 e. The first-order valence-electron chi connectivity index (χ1n) is 6.41. The smallest absolute Gasteiger partial charge is 0.260 e. The Kier molecular flexibility index (Phi) is 4.32. The second kappa shape index (κ2) is 5.80. The summed E-state index contributed by atoms with van der Waals surface area (Å²) in [7, 11) is 0.